The average molecular weight is 524 g/mol. The number of amides is 1. The molecule has 4 aromatic rings. The Bertz CT molecular complexity index is 1540. The first-order valence-electron chi connectivity index (χ1n) is 9.57. The van der Waals surface area contributed by atoms with Crippen LogP contribution in [0, 0.1) is 6.92 Å². The topological polar surface area (TPSA) is 86.0 Å². The highest BCUT2D eigenvalue weighted by Gasteiger charge is 2.21. The second-order valence-electron chi connectivity index (χ2n) is 7.21. The van der Waals surface area contributed by atoms with E-state index in [1.807, 2.05) is 33.7 Å². The van der Waals surface area contributed by atoms with Gasteiger partial charge in [0.2, 0.25) is 0 Å². The van der Waals surface area contributed by atoms with Gasteiger partial charge < -0.3 is 4.57 Å². The Labute approximate surface area is 205 Å². The quantitative estimate of drug-likeness (QED) is 0.367. The van der Waals surface area contributed by atoms with Gasteiger partial charge in [0.25, 0.3) is 15.9 Å². The van der Waals surface area contributed by atoms with Crippen molar-refractivity contribution in [3.05, 3.63) is 81.1 Å². The Morgan fingerprint density at radius 3 is 2.48 bits per heavy atom. The van der Waals surface area contributed by atoms with Gasteiger partial charge in [0.1, 0.15) is 10.7 Å². The molecule has 11 heteroatoms. The molecule has 0 unspecified atom stereocenters. The van der Waals surface area contributed by atoms with Crippen molar-refractivity contribution in [2.75, 3.05) is 0 Å². The third kappa shape index (κ3) is 4.65. The molecule has 0 fully saturated rings. The molecule has 0 spiro atoms. The van der Waals surface area contributed by atoms with Crippen molar-refractivity contribution in [3.8, 4) is 5.82 Å². The molecule has 33 heavy (non-hydrogen) atoms. The van der Waals surface area contributed by atoms with E-state index in [0.29, 0.717) is 22.1 Å². The molecule has 0 aliphatic rings. The third-order valence-electron chi connectivity index (χ3n) is 4.94. The van der Waals surface area contributed by atoms with E-state index in [1.54, 1.807) is 24.7 Å². The molecule has 2 heterocycles. The lowest BCUT2D eigenvalue weighted by Crippen LogP contribution is -2.29. The van der Waals surface area contributed by atoms with Crippen LogP contribution in [0.2, 0.25) is 15.1 Å². The SMILES string of the molecule is Cc1nn(C)c(-n2ccc3cc(Cl)ccc32)c1/C=C/C(=O)NS(=O)(=O)c1ccc(Cl)cc1Cl. The second kappa shape index (κ2) is 8.87. The molecule has 7 nitrogen and oxygen atoms in total. The molecule has 0 radical (unpaired) electrons. The van der Waals surface area contributed by atoms with Crippen LogP contribution in [0.5, 0.6) is 0 Å². The summed E-state index contributed by atoms with van der Waals surface area (Å²) in [7, 11) is -2.40. The number of nitrogens with zero attached hydrogens (tertiary/aromatic N) is 3. The molecule has 0 bridgehead atoms. The van der Waals surface area contributed by atoms with E-state index in [-0.39, 0.29) is 14.9 Å². The molecule has 1 N–H and O–H groups in total. The summed E-state index contributed by atoms with van der Waals surface area (Å²) in [5, 5.41) is 6.22. The molecule has 170 valence electrons. The molecule has 0 aliphatic carbocycles. The lowest BCUT2D eigenvalue weighted by Gasteiger charge is -2.08. The Kier molecular flexibility index (Phi) is 6.28. The minimum absolute atomic E-state index is 0.0863. The highest BCUT2D eigenvalue weighted by molar-refractivity contribution is 7.90. The van der Waals surface area contributed by atoms with Crippen LogP contribution in [0.3, 0.4) is 0 Å². The van der Waals surface area contributed by atoms with E-state index in [2.05, 4.69) is 5.10 Å². The molecule has 0 aliphatic heterocycles. The van der Waals surface area contributed by atoms with Crippen LogP contribution < -0.4 is 4.72 Å². The summed E-state index contributed by atoms with van der Waals surface area (Å²) in [5.74, 6) is -0.128. The highest BCUT2D eigenvalue weighted by atomic mass is 35.5. The number of hydrogen-bond donors (Lipinski definition) is 1. The fourth-order valence-electron chi connectivity index (χ4n) is 3.51. The van der Waals surface area contributed by atoms with Crippen molar-refractivity contribution in [1.82, 2.24) is 19.1 Å². The standard InChI is InChI=1S/C22H17Cl3N4O3S/c1-13-17(5-8-21(30)27-33(31,32)20-7-4-16(24)12-18(20)25)22(28(2)26-13)29-10-9-14-11-15(23)3-6-19(14)29/h3-12H,1-2H3,(H,27,30)/b8-5+. The van der Waals surface area contributed by atoms with Crippen LogP contribution in [0.15, 0.2) is 59.6 Å². The van der Waals surface area contributed by atoms with Crippen molar-refractivity contribution in [3.63, 3.8) is 0 Å². The third-order valence-corrected chi connectivity index (χ3v) is 7.24. The molecule has 0 saturated heterocycles. The van der Waals surface area contributed by atoms with E-state index < -0.39 is 15.9 Å². The molecule has 1 amide bonds. The maximum absolute atomic E-state index is 12.6. The molecule has 2 aromatic carbocycles. The van der Waals surface area contributed by atoms with Crippen LogP contribution in [0.4, 0.5) is 0 Å². The number of carbonyl (C=O) groups excluding carboxylic acids is 1. The van der Waals surface area contributed by atoms with Crippen molar-refractivity contribution < 1.29 is 13.2 Å². The number of aryl methyl sites for hydroxylation is 2. The summed E-state index contributed by atoms with van der Waals surface area (Å²) >= 11 is 17.9. The van der Waals surface area contributed by atoms with E-state index >= 15 is 0 Å². The van der Waals surface area contributed by atoms with Gasteiger partial charge in [-0.25, -0.2) is 13.1 Å². The molecular weight excluding hydrogens is 507 g/mol. The van der Waals surface area contributed by atoms with Gasteiger partial charge in [-0.15, -0.1) is 0 Å². The first kappa shape index (κ1) is 23.4. The zero-order valence-corrected chi connectivity index (χ0v) is 20.5. The Balaban J connectivity index is 1.66. The lowest BCUT2D eigenvalue weighted by atomic mass is 10.2. The highest BCUT2D eigenvalue weighted by Crippen LogP contribution is 2.28. The number of halogens is 3. The van der Waals surface area contributed by atoms with Gasteiger partial charge in [-0.3, -0.25) is 9.48 Å². The number of sulfonamides is 1. The fraction of sp³-hybridized carbons (Fsp3) is 0.0909. The van der Waals surface area contributed by atoms with Crippen LogP contribution in [-0.2, 0) is 21.9 Å². The number of benzene rings is 2. The summed E-state index contributed by atoms with van der Waals surface area (Å²) < 4.78 is 30.7. The summed E-state index contributed by atoms with van der Waals surface area (Å²) in [6.45, 7) is 1.80. The number of aromatic nitrogens is 3. The molecule has 4 rings (SSSR count). The van der Waals surface area contributed by atoms with Crippen LogP contribution in [0.25, 0.3) is 22.8 Å². The fourth-order valence-corrected chi connectivity index (χ4v) is 5.41. The smallest absolute Gasteiger partial charge is 0.265 e. The van der Waals surface area contributed by atoms with E-state index in [9.17, 15) is 13.2 Å². The summed E-state index contributed by atoms with van der Waals surface area (Å²) in [5.41, 5.74) is 2.22. The van der Waals surface area contributed by atoms with Crippen molar-refractivity contribution in [2.45, 2.75) is 11.8 Å². The number of hydrogen-bond acceptors (Lipinski definition) is 4. The van der Waals surface area contributed by atoms with E-state index in [4.69, 9.17) is 34.8 Å². The predicted octanol–water partition coefficient (Wildman–Crippen LogP) is 5.15. The predicted molar refractivity (Wildman–Crippen MR) is 131 cm³/mol. The van der Waals surface area contributed by atoms with Gasteiger partial charge >= 0.3 is 0 Å². The van der Waals surface area contributed by atoms with Crippen molar-refractivity contribution in [1.29, 1.82) is 0 Å². The molecule has 0 saturated carbocycles. The average Bonchev–Trinajstić information content (AvgIpc) is 3.24. The maximum atomic E-state index is 12.6. The summed E-state index contributed by atoms with van der Waals surface area (Å²) in [6.07, 6.45) is 4.53. The first-order valence-corrected chi connectivity index (χ1v) is 12.2. The largest absolute Gasteiger partial charge is 0.301 e. The zero-order chi connectivity index (χ0) is 23.9. The normalized spacial score (nSPS) is 12.0. The number of rotatable bonds is 5. The maximum Gasteiger partial charge on any atom is 0.265 e. The number of fused-ring (bicyclic) bond motifs is 1. The van der Waals surface area contributed by atoms with Crippen LogP contribution in [-0.4, -0.2) is 28.7 Å². The lowest BCUT2D eigenvalue weighted by molar-refractivity contribution is -0.114. The Morgan fingerprint density at radius 1 is 1.06 bits per heavy atom. The molecule has 0 atom stereocenters. The van der Waals surface area contributed by atoms with Crippen LogP contribution >= 0.6 is 34.8 Å². The zero-order valence-electron chi connectivity index (χ0n) is 17.4. The van der Waals surface area contributed by atoms with Crippen LogP contribution in [0.1, 0.15) is 11.3 Å². The van der Waals surface area contributed by atoms with E-state index in [0.717, 1.165) is 17.0 Å². The minimum atomic E-state index is -4.18. The van der Waals surface area contributed by atoms with Gasteiger partial charge in [-0.05, 0) is 55.5 Å². The second-order valence-corrected chi connectivity index (χ2v) is 10.1. The summed E-state index contributed by atoms with van der Waals surface area (Å²) in [6, 6.07) is 11.4. The number of carbonyl (C=O) groups is 1. The number of nitrogens with one attached hydrogen (secondary N) is 1. The van der Waals surface area contributed by atoms with Crippen molar-refractivity contribution in [2.24, 2.45) is 7.05 Å². The summed E-state index contributed by atoms with van der Waals surface area (Å²) in [4.78, 5) is 12.2. The minimum Gasteiger partial charge on any atom is -0.301 e. The molecule has 2 aromatic heterocycles. The van der Waals surface area contributed by atoms with Gasteiger partial charge in [0.15, 0.2) is 0 Å². The van der Waals surface area contributed by atoms with Gasteiger partial charge in [-0.1, -0.05) is 34.8 Å². The Morgan fingerprint density at radius 2 is 1.76 bits per heavy atom. The van der Waals surface area contributed by atoms with Gasteiger partial charge in [0, 0.05) is 40.3 Å². The van der Waals surface area contributed by atoms with E-state index in [1.165, 1.54) is 24.3 Å². The van der Waals surface area contributed by atoms with Crippen molar-refractivity contribution >= 4 is 67.7 Å². The first-order chi connectivity index (χ1) is 15.6. The molecular formula is C22H17Cl3N4O3S. The monoisotopic (exact) mass is 522 g/mol. The Hall–Kier alpha value is -2.78. The van der Waals surface area contributed by atoms with Gasteiger partial charge in [0.05, 0.1) is 16.2 Å². The van der Waals surface area contributed by atoms with Gasteiger partial charge in [-0.2, -0.15) is 5.10 Å².